The van der Waals surface area contributed by atoms with Crippen molar-refractivity contribution in [3.05, 3.63) is 199 Å². The molecule has 1 heteroatoms. The second-order valence-corrected chi connectivity index (χ2v) is 11.9. The first-order valence-electron chi connectivity index (χ1n) is 16.1. The van der Waals surface area contributed by atoms with Gasteiger partial charge in [0.25, 0.3) is 0 Å². The second-order valence-electron chi connectivity index (χ2n) is 11.9. The highest BCUT2D eigenvalue weighted by molar-refractivity contribution is 5.90. The fourth-order valence-corrected chi connectivity index (χ4v) is 6.29. The Kier molecular flexibility index (Phi) is 7.63. The minimum atomic E-state index is 1.12. The van der Waals surface area contributed by atoms with Gasteiger partial charge in [-0.15, -0.1) is 0 Å². The van der Waals surface area contributed by atoms with Gasteiger partial charge in [-0.1, -0.05) is 158 Å². The van der Waals surface area contributed by atoms with Crippen molar-refractivity contribution in [2.24, 2.45) is 0 Å². The fourth-order valence-electron chi connectivity index (χ4n) is 6.29. The van der Waals surface area contributed by atoms with E-state index in [9.17, 15) is 0 Å². The molecule has 1 nitrogen and oxygen atoms in total. The Labute approximate surface area is 276 Å². The summed E-state index contributed by atoms with van der Waals surface area (Å²) in [4.78, 5) is 2.34. The van der Waals surface area contributed by atoms with Gasteiger partial charge in [0.15, 0.2) is 0 Å². The van der Waals surface area contributed by atoms with E-state index in [2.05, 4.69) is 205 Å². The molecule has 8 aromatic carbocycles. The molecule has 0 N–H and O–H groups in total. The Hall–Kier alpha value is -6.18. The molecule has 0 aliphatic heterocycles. The van der Waals surface area contributed by atoms with Crippen molar-refractivity contribution in [2.75, 3.05) is 4.90 Å². The molecule has 0 radical (unpaired) electrons. The van der Waals surface area contributed by atoms with Crippen molar-refractivity contribution in [2.45, 2.75) is 0 Å². The number of rotatable bonds is 7. The summed E-state index contributed by atoms with van der Waals surface area (Å²) in [6.45, 7) is 0. The van der Waals surface area contributed by atoms with Crippen molar-refractivity contribution in [3.8, 4) is 22.3 Å². The molecular weight excluding hydrogens is 567 g/mol. The predicted molar refractivity (Wildman–Crippen MR) is 202 cm³/mol. The molecule has 0 amide bonds. The summed E-state index contributed by atoms with van der Waals surface area (Å²) in [5.74, 6) is 0. The van der Waals surface area contributed by atoms with Crippen LogP contribution in [0.25, 0.3) is 56.0 Å². The maximum Gasteiger partial charge on any atom is 0.0468 e. The zero-order valence-electron chi connectivity index (χ0n) is 26.0. The summed E-state index contributed by atoms with van der Waals surface area (Å²) in [6.07, 6.45) is 4.37. The van der Waals surface area contributed by atoms with Crippen LogP contribution in [0.4, 0.5) is 17.1 Å². The molecule has 0 atom stereocenters. The molecule has 0 aliphatic rings. The van der Waals surface area contributed by atoms with Crippen LogP contribution in [0.3, 0.4) is 0 Å². The van der Waals surface area contributed by atoms with Crippen LogP contribution >= 0.6 is 0 Å². The normalized spacial score (nSPS) is 11.3. The molecule has 0 fully saturated rings. The molecule has 47 heavy (non-hydrogen) atoms. The largest absolute Gasteiger partial charge is 0.310 e. The Bertz CT molecular complexity index is 2310. The molecule has 0 heterocycles. The number of fused-ring (bicyclic) bond motifs is 2. The highest BCUT2D eigenvalue weighted by Crippen LogP contribution is 2.38. The summed E-state index contributed by atoms with van der Waals surface area (Å²) in [5.41, 5.74) is 10.6. The first-order valence-corrected chi connectivity index (χ1v) is 16.1. The van der Waals surface area contributed by atoms with Gasteiger partial charge in [0.05, 0.1) is 0 Å². The van der Waals surface area contributed by atoms with Gasteiger partial charge >= 0.3 is 0 Å². The van der Waals surface area contributed by atoms with E-state index in [0.717, 1.165) is 17.1 Å². The van der Waals surface area contributed by atoms with E-state index in [1.54, 1.807) is 0 Å². The van der Waals surface area contributed by atoms with Gasteiger partial charge in [0.1, 0.15) is 0 Å². The van der Waals surface area contributed by atoms with Crippen molar-refractivity contribution < 1.29 is 0 Å². The third kappa shape index (κ3) is 6.08. The fraction of sp³-hybridized carbons (Fsp3) is 0. The average Bonchev–Trinajstić information content (AvgIpc) is 3.15. The van der Waals surface area contributed by atoms with Crippen LogP contribution in [-0.2, 0) is 0 Å². The van der Waals surface area contributed by atoms with Crippen molar-refractivity contribution in [3.63, 3.8) is 0 Å². The lowest BCUT2D eigenvalue weighted by Crippen LogP contribution is -2.09. The average molecular weight is 600 g/mol. The van der Waals surface area contributed by atoms with Crippen LogP contribution in [-0.4, -0.2) is 0 Å². The molecule has 0 aliphatic carbocycles. The summed E-state index contributed by atoms with van der Waals surface area (Å²) in [7, 11) is 0. The van der Waals surface area contributed by atoms with Crippen LogP contribution in [0.5, 0.6) is 0 Å². The molecule has 0 unspecified atom stereocenters. The van der Waals surface area contributed by atoms with E-state index < -0.39 is 0 Å². The smallest absolute Gasteiger partial charge is 0.0468 e. The van der Waals surface area contributed by atoms with Crippen LogP contribution in [0.1, 0.15) is 11.1 Å². The Morgan fingerprint density at radius 2 is 0.681 bits per heavy atom. The van der Waals surface area contributed by atoms with Gasteiger partial charge in [0.2, 0.25) is 0 Å². The number of nitrogens with zero attached hydrogens (tertiary/aromatic N) is 1. The van der Waals surface area contributed by atoms with E-state index in [4.69, 9.17) is 0 Å². The molecule has 8 aromatic rings. The predicted octanol–water partition coefficient (Wildman–Crippen LogP) is 13.0. The topological polar surface area (TPSA) is 3.24 Å². The summed E-state index contributed by atoms with van der Waals surface area (Å²) in [5, 5.41) is 4.99. The van der Waals surface area contributed by atoms with Crippen LogP contribution in [0.15, 0.2) is 188 Å². The summed E-state index contributed by atoms with van der Waals surface area (Å²) in [6, 6.07) is 67.4. The molecule has 0 saturated heterocycles. The number of hydrogen-bond acceptors (Lipinski definition) is 1. The van der Waals surface area contributed by atoms with Gasteiger partial charge < -0.3 is 4.90 Å². The summed E-state index contributed by atoms with van der Waals surface area (Å²) < 4.78 is 0. The lowest BCUT2D eigenvalue weighted by Gasteiger charge is -2.26. The SMILES string of the molecule is C(=C/c1ccc2ccccc2c1)/c1ccc(-c2ccc(N(c3ccc(-c4ccccc4)cc3)c3ccc4ccccc4c3)cc2)cc1. The van der Waals surface area contributed by atoms with Crippen molar-refractivity contribution >= 4 is 50.8 Å². The number of hydrogen-bond donors (Lipinski definition) is 0. The maximum absolute atomic E-state index is 2.34. The van der Waals surface area contributed by atoms with E-state index in [1.807, 2.05) is 0 Å². The van der Waals surface area contributed by atoms with Gasteiger partial charge in [-0.05, 0) is 97.4 Å². The monoisotopic (exact) mass is 599 g/mol. The van der Waals surface area contributed by atoms with E-state index in [0.29, 0.717) is 0 Å². The lowest BCUT2D eigenvalue weighted by molar-refractivity contribution is 1.29. The molecule has 0 spiro atoms. The first-order chi connectivity index (χ1) is 23.3. The minimum Gasteiger partial charge on any atom is -0.310 e. The van der Waals surface area contributed by atoms with Crippen LogP contribution < -0.4 is 4.90 Å². The third-order valence-electron chi connectivity index (χ3n) is 8.84. The lowest BCUT2D eigenvalue weighted by atomic mass is 10.0. The molecule has 8 rings (SSSR count). The highest BCUT2D eigenvalue weighted by Gasteiger charge is 2.14. The highest BCUT2D eigenvalue weighted by atomic mass is 15.1. The molecule has 0 saturated carbocycles. The van der Waals surface area contributed by atoms with Gasteiger partial charge in [0, 0.05) is 17.1 Å². The van der Waals surface area contributed by atoms with E-state index in [1.165, 1.54) is 54.9 Å². The number of benzene rings is 8. The van der Waals surface area contributed by atoms with E-state index in [-0.39, 0.29) is 0 Å². The Morgan fingerprint density at radius 3 is 1.28 bits per heavy atom. The maximum atomic E-state index is 2.34. The standard InChI is InChI=1S/C46H33N/c1-2-8-36(9-3-1)40-22-27-44(28-23-40)47(46-31-26-38-11-5-7-13-43(38)33-46)45-29-24-41(25-30-45)39-19-16-34(17-20-39)14-15-35-18-21-37-10-4-6-12-42(37)32-35/h1-33H/b15-14-. The van der Waals surface area contributed by atoms with Crippen LogP contribution in [0.2, 0.25) is 0 Å². The summed E-state index contributed by atoms with van der Waals surface area (Å²) >= 11 is 0. The molecule has 222 valence electrons. The Balaban J connectivity index is 1.07. The van der Waals surface area contributed by atoms with Crippen molar-refractivity contribution in [1.29, 1.82) is 0 Å². The molecular formula is C46H33N. The first kappa shape index (κ1) is 28.3. The second kappa shape index (κ2) is 12.7. The zero-order chi connectivity index (χ0) is 31.4. The van der Waals surface area contributed by atoms with Gasteiger partial charge in [-0.2, -0.15) is 0 Å². The van der Waals surface area contributed by atoms with Gasteiger partial charge in [-0.3, -0.25) is 0 Å². The zero-order valence-corrected chi connectivity index (χ0v) is 26.0. The van der Waals surface area contributed by atoms with Crippen molar-refractivity contribution in [1.82, 2.24) is 0 Å². The molecule has 0 bridgehead atoms. The van der Waals surface area contributed by atoms with E-state index >= 15 is 0 Å². The number of anilines is 3. The van der Waals surface area contributed by atoms with Crippen LogP contribution in [0, 0.1) is 0 Å². The van der Waals surface area contributed by atoms with Gasteiger partial charge in [-0.25, -0.2) is 0 Å². The quantitative estimate of drug-likeness (QED) is 0.165. The minimum absolute atomic E-state index is 1.12. The third-order valence-corrected chi connectivity index (χ3v) is 8.84. The molecule has 0 aromatic heterocycles. The Morgan fingerprint density at radius 1 is 0.277 bits per heavy atom.